The lowest BCUT2D eigenvalue weighted by Crippen LogP contribution is -2.49. The van der Waals surface area contributed by atoms with E-state index in [-0.39, 0.29) is 29.3 Å². The Balaban J connectivity index is 2.04. The summed E-state index contributed by atoms with van der Waals surface area (Å²) in [7, 11) is 0. The second-order valence-electron chi connectivity index (χ2n) is 7.30. The lowest BCUT2D eigenvalue weighted by atomic mass is 9.82. The predicted octanol–water partition coefficient (Wildman–Crippen LogP) is 4.12. The molecule has 2 atom stereocenters. The summed E-state index contributed by atoms with van der Waals surface area (Å²) in [6, 6.07) is 5.40. The fourth-order valence-electron chi connectivity index (χ4n) is 3.27. The number of benzene rings is 1. The van der Waals surface area contributed by atoms with Gasteiger partial charge in [0.15, 0.2) is 0 Å². The summed E-state index contributed by atoms with van der Waals surface area (Å²) in [4.78, 5) is 25.2. The number of halogens is 1. The molecule has 0 unspecified atom stereocenters. The van der Waals surface area contributed by atoms with E-state index in [1.54, 1.807) is 12.1 Å². The Kier molecular flexibility index (Phi) is 6.97. The quantitative estimate of drug-likeness (QED) is 0.812. The molecule has 1 fully saturated rings. The van der Waals surface area contributed by atoms with Gasteiger partial charge < -0.3 is 10.6 Å². The Morgan fingerprint density at radius 3 is 2.44 bits per heavy atom. The molecule has 0 heterocycles. The van der Waals surface area contributed by atoms with Crippen molar-refractivity contribution in [3.8, 4) is 0 Å². The van der Waals surface area contributed by atoms with Crippen molar-refractivity contribution in [2.24, 2.45) is 17.8 Å². The molecule has 1 aromatic carbocycles. The molecule has 0 aliphatic heterocycles. The minimum atomic E-state index is -0.656. The molecular weight excluding hydrogens is 319 g/mol. The van der Waals surface area contributed by atoms with Crippen molar-refractivity contribution < 1.29 is 14.0 Å². The van der Waals surface area contributed by atoms with Gasteiger partial charge in [-0.15, -0.1) is 0 Å². The number of amides is 2. The highest BCUT2D eigenvalue weighted by atomic mass is 19.1. The van der Waals surface area contributed by atoms with E-state index in [9.17, 15) is 14.0 Å². The van der Waals surface area contributed by atoms with Crippen molar-refractivity contribution in [2.75, 3.05) is 5.32 Å². The van der Waals surface area contributed by atoms with Crippen LogP contribution in [0.2, 0.25) is 0 Å². The van der Waals surface area contributed by atoms with Crippen molar-refractivity contribution in [1.29, 1.82) is 0 Å². The van der Waals surface area contributed by atoms with Gasteiger partial charge in [0.2, 0.25) is 11.8 Å². The standard InChI is InChI=1S/C20H29FN2O2/c1-4-14(3)18(20(25)22-17-8-6-5-7-16(17)21)23-19(24)15-11-9-13(2)10-12-15/h5-8,13-15,18H,4,9-12H2,1-3H3,(H,22,25)(H,23,24)/t13?,14-,15?,18-/m1/s1. The Bertz CT molecular complexity index is 597. The average Bonchev–Trinajstić information content (AvgIpc) is 2.61. The Morgan fingerprint density at radius 1 is 1.20 bits per heavy atom. The monoisotopic (exact) mass is 348 g/mol. The normalized spacial score (nSPS) is 22.7. The molecule has 2 N–H and O–H groups in total. The summed E-state index contributed by atoms with van der Waals surface area (Å²) in [5.74, 6) is -0.287. The van der Waals surface area contributed by atoms with Gasteiger partial charge in [-0.1, -0.05) is 39.3 Å². The first kappa shape index (κ1) is 19.4. The number of carbonyl (C=O) groups is 2. The van der Waals surface area contributed by atoms with Gasteiger partial charge in [0, 0.05) is 5.92 Å². The lowest BCUT2D eigenvalue weighted by Gasteiger charge is -2.29. The largest absolute Gasteiger partial charge is 0.344 e. The maximum atomic E-state index is 13.8. The maximum Gasteiger partial charge on any atom is 0.247 e. The fourth-order valence-corrected chi connectivity index (χ4v) is 3.27. The van der Waals surface area contributed by atoms with Crippen LogP contribution in [-0.4, -0.2) is 17.9 Å². The van der Waals surface area contributed by atoms with Crippen LogP contribution in [-0.2, 0) is 9.59 Å². The number of hydrogen-bond donors (Lipinski definition) is 2. The van der Waals surface area contributed by atoms with E-state index in [0.717, 1.165) is 32.1 Å². The van der Waals surface area contributed by atoms with Crippen LogP contribution in [0.5, 0.6) is 0 Å². The number of hydrogen-bond acceptors (Lipinski definition) is 2. The van der Waals surface area contributed by atoms with Gasteiger partial charge in [0.25, 0.3) is 0 Å². The maximum absolute atomic E-state index is 13.8. The van der Waals surface area contributed by atoms with Gasteiger partial charge in [-0.3, -0.25) is 9.59 Å². The fraction of sp³-hybridized carbons (Fsp3) is 0.600. The van der Waals surface area contributed by atoms with Gasteiger partial charge in [-0.2, -0.15) is 0 Å². The third-order valence-corrected chi connectivity index (χ3v) is 5.31. The van der Waals surface area contributed by atoms with Gasteiger partial charge in [0.05, 0.1) is 5.69 Å². The second-order valence-corrected chi connectivity index (χ2v) is 7.30. The lowest BCUT2D eigenvalue weighted by molar-refractivity contribution is -0.131. The summed E-state index contributed by atoms with van der Waals surface area (Å²) >= 11 is 0. The smallest absolute Gasteiger partial charge is 0.247 e. The van der Waals surface area contributed by atoms with E-state index in [1.807, 2.05) is 13.8 Å². The minimum absolute atomic E-state index is 0.0241. The van der Waals surface area contributed by atoms with Crippen LogP contribution in [0, 0.1) is 23.6 Å². The topological polar surface area (TPSA) is 58.2 Å². The molecule has 2 amide bonds. The second kappa shape index (κ2) is 8.97. The van der Waals surface area contributed by atoms with Crippen molar-refractivity contribution in [3.05, 3.63) is 30.1 Å². The van der Waals surface area contributed by atoms with E-state index < -0.39 is 11.9 Å². The molecule has 1 aliphatic rings. The number of nitrogens with one attached hydrogen (secondary N) is 2. The van der Waals surface area contributed by atoms with Crippen LogP contribution < -0.4 is 10.6 Å². The third-order valence-electron chi connectivity index (χ3n) is 5.31. The zero-order valence-electron chi connectivity index (χ0n) is 15.3. The first-order valence-electron chi connectivity index (χ1n) is 9.28. The van der Waals surface area contributed by atoms with Gasteiger partial charge >= 0.3 is 0 Å². The molecule has 138 valence electrons. The van der Waals surface area contributed by atoms with Crippen LogP contribution in [0.1, 0.15) is 52.9 Å². The first-order valence-corrected chi connectivity index (χ1v) is 9.28. The van der Waals surface area contributed by atoms with Gasteiger partial charge in [-0.05, 0) is 49.7 Å². The van der Waals surface area contributed by atoms with Gasteiger partial charge in [-0.25, -0.2) is 4.39 Å². The average molecular weight is 348 g/mol. The molecule has 0 bridgehead atoms. The predicted molar refractivity (Wildman–Crippen MR) is 97.5 cm³/mol. The van der Waals surface area contributed by atoms with Crippen LogP contribution >= 0.6 is 0 Å². The molecule has 1 aromatic rings. The van der Waals surface area contributed by atoms with Crippen molar-refractivity contribution >= 4 is 17.5 Å². The number of para-hydroxylation sites is 1. The van der Waals surface area contributed by atoms with E-state index in [2.05, 4.69) is 17.6 Å². The van der Waals surface area contributed by atoms with Gasteiger partial charge in [0.1, 0.15) is 11.9 Å². The van der Waals surface area contributed by atoms with E-state index in [4.69, 9.17) is 0 Å². The summed E-state index contributed by atoms with van der Waals surface area (Å²) in [6.07, 6.45) is 4.59. The van der Waals surface area contributed by atoms with Crippen LogP contribution in [0.3, 0.4) is 0 Å². The van der Waals surface area contributed by atoms with Crippen molar-refractivity contribution in [1.82, 2.24) is 5.32 Å². The summed E-state index contributed by atoms with van der Waals surface area (Å²) in [5, 5.41) is 5.53. The Hall–Kier alpha value is -1.91. The van der Waals surface area contributed by atoms with Crippen molar-refractivity contribution in [3.63, 3.8) is 0 Å². The molecule has 0 spiro atoms. The summed E-state index contributed by atoms with van der Waals surface area (Å²) in [6.45, 7) is 6.11. The third kappa shape index (κ3) is 5.28. The van der Waals surface area contributed by atoms with E-state index >= 15 is 0 Å². The number of rotatable bonds is 6. The molecule has 5 heteroatoms. The molecule has 1 saturated carbocycles. The number of carbonyl (C=O) groups excluding carboxylic acids is 2. The molecule has 0 saturated heterocycles. The molecular formula is C20H29FN2O2. The molecule has 0 aromatic heterocycles. The van der Waals surface area contributed by atoms with Crippen molar-refractivity contribution in [2.45, 2.75) is 58.9 Å². The molecule has 25 heavy (non-hydrogen) atoms. The highest BCUT2D eigenvalue weighted by molar-refractivity contribution is 5.97. The molecule has 0 radical (unpaired) electrons. The van der Waals surface area contributed by atoms with Crippen LogP contribution in [0.25, 0.3) is 0 Å². The Morgan fingerprint density at radius 2 is 1.84 bits per heavy atom. The van der Waals surface area contributed by atoms with Crippen LogP contribution in [0.4, 0.5) is 10.1 Å². The molecule has 1 aliphatic carbocycles. The van der Waals surface area contributed by atoms with E-state index in [1.165, 1.54) is 12.1 Å². The summed E-state index contributed by atoms with van der Waals surface area (Å²) < 4.78 is 13.8. The minimum Gasteiger partial charge on any atom is -0.344 e. The van der Waals surface area contributed by atoms with E-state index in [0.29, 0.717) is 5.92 Å². The first-order chi connectivity index (χ1) is 11.9. The van der Waals surface area contributed by atoms with Crippen LogP contribution in [0.15, 0.2) is 24.3 Å². The summed E-state index contributed by atoms with van der Waals surface area (Å²) in [5.41, 5.74) is 0.140. The SMILES string of the molecule is CC[C@@H](C)[C@@H](NC(=O)C1CCC(C)CC1)C(=O)Nc1ccccc1F. The number of anilines is 1. The Labute approximate surface area is 149 Å². The highest BCUT2D eigenvalue weighted by Crippen LogP contribution is 2.28. The highest BCUT2D eigenvalue weighted by Gasteiger charge is 2.31. The zero-order chi connectivity index (χ0) is 18.4. The zero-order valence-corrected chi connectivity index (χ0v) is 15.3. The molecule has 4 nitrogen and oxygen atoms in total. The molecule has 2 rings (SSSR count).